The first-order chi connectivity index (χ1) is 14.2. The molecule has 4 aromatic rings. The minimum Gasteiger partial charge on any atom is -0.481 e. The molecule has 0 aliphatic carbocycles. The first-order valence-corrected chi connectivity index (χ1v) is 11.3. The molecule has 0 amide bonds. The van der Waals surface area contributed by atoms with Crippen molar-refractivity contribution in [3.8, 4) is 10.6 Å². The van der Waals surface area contributed by atoms with E-state index in [1.165, 1.54) is 46.6 Å². The summed E-state index contributed by atoms with van der Waals surface area (Å²) in [5.41, 5.74) is 1.36. The number of thiazole rings is 2. The lowest BCUT2D eigenvalue weighted by atomic mass is 10.1. The van der Waals surface area contributed by atoms with Crippen LogP contribution in [0.15, 0.2) is 40.9 Å². The van der Waals surface area contributed by atoms with Crippen molar-refractivity contribution < 1.29 is 23.1 Å². The van der Waals surface area contributed by atoms with Crippen LogP contribution in [0.5, 0.6) is 0 Å². The Labute approximate surface area is 181 Å². The molecule has 0 fully saturated rings. The minimum atomic E-state index is -4.37. The largest absolute Gasteiger partial charge is 0.481 e. The van der Waals surface area contributed by atoms with E-state index in [1.54, 1.807) is 10.6 Å². The first kappa shape index (κ1) is 20.9. The van der Waals surface area contributed by atoms with Crippen LogP contribution in [-0.4, -0.2) is 25.4 Å². The Balaban J connectivity index is 1.54. The van der Waals surface area contributed by atoms with E-state index >= 15 is 0 Å². The molecule has 0 saturated heterocycles. The molecule has 11 heteroatoms. The van der Waals surface area contributed by atoms with E-state index in [0.717, 1.165) is 27.7 Å². The topological polar surface area (TPSA) is 67.5 Å². The Morgan fingerprint density at radius 2 is 1.97 bits per heavy atom. The smallest absolute Gasteiger partial charge is 0.416 e. The van der Waals surface area contributed by atoms with E-state index in [1.807, 2.05) is 12.3 Å². The van der Waals surface area contributed by atoms with Crippen molar-refractivity contribution in [1.29, 1.82) is 0 Å². The highest BCUT2D eigenvalue weighted by Gasteiger charge is 2.30. The van der Waals surface area contributed by atoms with E-state index < -0.39 is 17.7 Å². The molecule has 5 nitrogen and oxygen atoms in total. The molecule has 0 atom stereocenters. The van der Waals surface area contributed by atoms with Crippen molar-refractivity contribution in [1.82, 2.24) is 14.4 Å². The summed E-state index contributed by atoms with van der Waals surface area (Å²) >= 11 is 4.28. The molecule has 156 valence electrons. The summed E-state index contributed by atoms with van der Waals surface area (Å²) < 4.78 is 40.1. The Kier molecular flexibility index (Phi) is 5.60. The van der Waals surface area contributed by atoms with Crippen molar-refractivity contribution in [2.24, 2.45) is 0 Å². The zero-order chi connectivity index (χ0) is 21.5. The molecule has 1 aromatic carbocycles. The van der Waals surface area contributed by atoms with Gasteiger partial charge in [-0.3, -0.25) is 9.20 Å². The number of thioether (sulfide) groups is 1. The van der Waals surface area contributed by atoms with Crippen molar-refractivity contribution in [2.45, 2.75) is 30.3 Å². The van der Waals surface area contributed by atoms with E-state index in [2.05, 4.69) is 9.97 Å². The number of aliphatic carboxylic acids is 1. The highest BCUT2D eigenvalue weighted by atomic mass is 32.2. The Bertz CT molecular complexity index is 1210. The highest BCUT2D eigenvalue weighted by Crippen LogP contribution is 2.36. The average Bonchev–Trinajstić information content (AvgIpc) is 3.36. The maximum Gasteiger partial charge on any atom is 0.416 e. The second kappa shape index (κ2) is 8.05. The summed E-state index contributed by atoms with van der Waals surface area (Å²) in [6, 6.07) is 4.95. The molecule has 0 spiro atoms. The quantitative estimate of drug-likeness (QED) is 0.363. The number of hydrogen-bond donors (Lipinski definition) is 1. The summed E-state index contributed by atoms with van der Waals surface area (Å²) in [6.07, 6.45) is -2.69. The summed E-state index contributed by atoms with van der Waals surface area (Å²) in [5, 5.41) is 12.4. The van der Waals surface area contributed by atoms with Gasteiger partial charge in [-0.1, -0.05) is 23.9 Å². The zero-order valence-corrected chi connectivity index (χ0v) is 17.9. The molecule has 1 N–H and O–H groups in total. The van der Waals surface area contributed by atoms with Crippen molar-refractivity contribution in [2.75, 3.05) is 0 Å². The van der Waals surface area contributed by atoms with Crippen LogP contribution in [0.4, 0.5) is 13.2 Å². The second-order valence-electron chi connectivity index (χ2n) is 6.38. The van der Waals surface area contributed by atoms with Gasteiger partial charge in [0.2, 0.25) is 0 Å². The van der Waals surface area contributed by atoms with Gasteiger partial charge in [0.25, 0.3) is 0 Å². The zero-order valence-electron chi connectivity index (χ0n) is 15.4. The number of aromatic nitrogens is 3. The number of halogens is 3. The van der Waals surface area contributed by atoms with E-state index in [-0.39, 0.29) is 6.42 Å². The molecule has 0 unspecified atom stereocenters. The maximum absolute atomic E-state index is 12.8. The number of nitrogens with zero attached hydrogens (tertiary/aromatic N) is 3. The van der Waals surface area contributed by atoms with Crippen LogP contribution in [0.3, 0.4) is 0 Å². The van der Waals surface area contributed by atoms with Crippen LogP contribution in [0.2, 0.25) is 0 Å². The molecular formula is C19H14F3N3O2S3. The lowest BCUT2D eigenvalue weighted by Gasteiger charge is -2.06. The van der Waals surface area contributed by atoms with Crippen LogP contribution in [-0.2, 0) is 23.1 Å². The maximum atomic E-state index is 12.8. The van der Waals surface area contributed by atoms with Crippen molar-refractivity contribution in [3.05, 3.63) is 57.7 Å². The number of carboxylic acids is 1. The summed E-state index contributed by atoms with van der Waals surface area (Å²) in [4.78, 5) is 22.0. The fraction of sp³-hybridized carbons (Fsp3) is 0.211. The molecule has 4 rings (SSSR count). The van der Waals surface area contributed by atoms with Gasteiger partial charge in [0, 0.05) is 27.8 Å². The van der Waals surface area contributed by atoms with Crippen LogP contribution >= 0.6 is 34.4 Å². The lowest BCUT2D eigenvalue weighted by Crippen LogP contribution is -2.03. The monoisotopic (exact) mass is 469 g/mol. The molecule has 0 saturated carbocycles. The molecule has 30 heavy (non-hydrogen) atoms. The van der Waals surface area contributed by atoms with Gasteiger partial charge >= 0.3 is 12.1 Å². The lowest BCUT2D eigenvalue weighted by molar-refractivity contribution is -0.138. The third-order valence-corrected chi connectivity index (χ3v) is 7.51. The summed E-state index contributed by atoms with van der Waals surface area (Å²) in [5.74, 6) is -0.384. The predicted octanol–water partition coefficient (Wildman–Crippen LogP) is 5.77. The number of hydrogen-bond acceptors (Lipinski definition) is 6. The Morgan fingerprint density at radius 3 is 2.63 bits per heavy atom. The van der Waals surface area contributed by atoms with E-state index in [0.29, 0.717) is 27.0 Å². The number of carbonyl (C=O) groups is 1. The van der Waals surface area contributed by atoms with Crippen LogP contribution in [0.25, 0.3) is 15.5 Å². The number of aryl methyl sites for hydroxylation is 1. The van der Waals surface area contributed by atoms with Gasteiger partial charge in [-0.15, -0.1) is 22.7 Å². The number of alkyl halides is 3. The molecule has 0 radical (unpaired) electrons. The number of rotatable bonds is 6. The first-order valence-electron chi connectivity index (χ1n) is 8.65. The van der Waals surface area contributed by atoms with Crippen LogP contribution < -0.4 is 0 Å². The third-order valence-electron chi connectivity index (χ3n) is 4.33. The van der Waals surface area contributed by atoms with Gasteiger partial charge in [0.15, 0.2) is 4.96 Å². The SMILES string of the molecule is Cc1nc(-c2ccc(C(F)(F)F)cc2)sc1CSc1nc2sccn2c1CC(=O)O. The van der Waals surface area contributed by atoms with Gasteiger partial charge in [-0.25, -0.2) is 9.97 Å². The average molecular weight is 470 g/mol. The van der Waals surface area contributed by atoms with Gasteiger partial charge in [-0.05, 0) is 19.1 Å². The fourth-order valence-electron chi connectivity index (χ4n) is 2.85. The summed E-state index contributed by atoms with van der Waals surface area (Å²) in [7, 11) is 0. The fourth-order valence-corrected chi connectivity index (χ4v) is 5.88. The molecule has 3 aromatic heterocycles. The van der Waals surface area contributed by atoms with Crippen LogP contribution in [0, 0.1) is 6.92 Å². The van der Waals surface area contributed by atoms with E-state index in [9.17, 15) is 23.1 Å². The van der Waals surface area contributed by atoms with Gasteiger partial charge in [-0.2, -0.15) is 13.2 Å². The van der Waals surface area contributed by atoms with Crippen LogP contribution in [0.1, 0.15) is 21.8 Å². The normalized spacial score (nSPS) is 12.0. The number of fused-ring (bicyclic) bond motifs is 1. The molecule has 0 bridgehead atoms. The van der Waals surface area contributed by atoms with Crippen molar-refractivity contribution >= 4 is 45.4 Å². The minimum absolute atomic E-state index is 0.126. The van der Waals surface area contributed by atoms with Gasteiger partial charge in [0.05, 0.1) is 23.4 Å². The highest BCUT2D eigenvalue weighted by molar-refractivity contribution is 7.98. The Hall–Kier alpha value is -2.37. The predicted molar refractivity (Wildman–Crippen MR) is 111 cm³/mol. The van der Waals surface area contributed by atoms with Crippen molar-refractivity contribution in [3.63, 3.8) is 0 Å². The Morgan fingerprint density at radius 1 is 1.23 bits per heavy atom. The number of imidazole rings is 1. The van der Waals surface area contributed by atoms with Gasteiger partial charge in [0.1, 0.15) is 10.0 Å². The third kappa shape index (κ3) is 4.23. The summed E-state index contributed by atoms with van der Waals surface area (Å²) in [6.45, 7) is 1.85. The number of benzene rings is 1. The molecular weight excluding hydrogens is 455 g/mol. The molecule has 0 aliphatic rings. The van der Waals surface area contributed by atoms with Gasteiger partial charge < -0.3 is 5.11 Å². The molecule has 0 aliphatic heterocycles. The molecule has 3 heterocycles. The van der Waals surface area contributed by atoms with E-state index in [4.69, 9.17) is 0 Å². The second-order valence-corrected chi connectivity index (χ2v) is 9.30. The standard InChI is InChI=1S/C19H14F3N3O2S3/c1-10-14(30-16(23-10)11-2-4-12(5-3-11)19(20,21)22)9-29-17-13(8-15(26)27)25-6-7-28-18(25)24-17/h2-7H,8-9H2,1H3,(H,26,27). The number of carboxylic acid groups (broad SMARTS) is 1.